The lowest BCUT2D eigenvalue weighted by molar-refractivity contribution is 1.30. The number of hydrogen-bond acceptors (Lipinski definition) is 0. The number of rotatable bonds is 1. The minimum absolute atomic E-state index is 1.02. The van der Waals surface area contributed by atoms with Crippen LogP contribution in [0.3, 0.4) is 0 Å². The molecule has 0 heterocycles. The van der Waals surface area contributed by atoms with E-state index in [1.165, 1.54) is 16.7 Å². The zero-order valence-corrected chi connectivity index (χ0v) is 6.30. The molecule has 0 unspecified atom stereocenters. The fourth-order valence-electron chi connectivity index (χ4n) is 1.41. The molecule has 1 radical (unpaired) electrons. The van der Waals surface area contributed by atoms with Crippen molar-refractivity contribution in [2.24, 2.45) is 0 Å². The van der Waals surface area contributed by atoms with Crippen molar-refractivity contribution in [1.82, 2.24) is 0 Å². The first-order chi connectivity index (χ1) is 5.42. The van der Waals surface area contributed by atoms with Crippen LogP contribution >= 0.6 is 0 Å². The zero-order chi connectivity index (χ0) is 7.68. The van der Waals surface area contributed by atoms with E-state index in [9.17, 15) is 0 Å². The Morgan fingerprint density at radius 1 is 1.55 bits per heavy atom. The Morgan fingerprint density at radius 2 is 2.45 bits per heavy atom. The van der Waals surface area contributed by atoms with Crippen molar-refractivity contribution in [2.75, 3.05) is 0 Å². The van der Waals surface area contributed by atoms with Crippen LogP contribution < -0.4 is 0 Å². The van der Waals surface area contributed by atoms with Crippen LogP contribution in [0.1, 0.15) is 16.7 Å². The van der Waals surface area contributed by atoms with Gasteiger partial charge < -0.3 is 0 Å². The number of allylic oxidation sites excluding steroid dienone is 1. The Morgan fingerprint density at radius 3 is 3.27 bits per heavy atom. The van der Waals surface area contributed by atoms with Gasteiger partial charge in [-0.05, 0) is 29.2 Å². The Labute approximate surface area is 66.9 Å². The largest absolute Gasteiger partial charge is 0.0984 e. The van der Waals surface area contributed by atoms with Crippen molar-refractivity contribution in [3.8, 4) is 0 Å². The van der Waals surface area contributed by atoms with Crippen molar-refractivity contribution >= 4 is 12.2 Å². The minimum Gasteiger partial charge on any atom is -0.0984 e. The second kappa shape index (κ2) is 2.39. The quantitative estimate of drug-likeness (QED) is 0.564. The van der Waals surface area contributed by atoms with Crippen molar-refractivity contribution < 1.29 is 0 Å². The average molecular weight is 141 g/mol. The summed E-state index contributed by atoms with van der Waals surface area (Å²) in [5, 5.41) is 0. The SMILES string of the molecule is C=Cc1cc[c]c2c1C=CC2. The van der Waals surface area contributed by atoms with E-state index >= 15 is 0 Å². The molecule has 2 rings (SSSR count). The second-order valence-corrected chi connectivity index (χ2v) is 2.64. The summed E-state index contributed by atoms with van der Waals surface area (Å²) in [6.07, 6.45) is 7.22. The van der Waals surface area contributed by atoms with Crippen LogP contribution in [0.4, 0.5) is 0 Å². The first kappa shape index (κ1) is 6.41. The molecule has 0 nitrogen and oxygen atoms in total. The van der Waals surface area contributed by atoms with Gasteiger partial charge in [-0.2, -0.15) is 0 Å². The topological polar surface area (TPSA) is 0 Å². The van der Waals surface area contributed by atoms with E-state index in [4.69, 9.17) is 0 Å². The molecule has 1 aliphatic rings. The fraction of sp³-hybridized carbons (Fsp3) is 0.0909. The molecule has 0 aliphatic heterocycles. The summed E-state index contributed by atoms with van der Waals surface area (Å²) in [7, 11) is 0. The third-order valence-electron chi connectivity index (χ3n) is 1.98. The molecule has 0 amide bonds. The lowest BCUT2D eigenvalue weighted by Gasteiger charge is -2.00. The van der Waals surface area contributed by atoms with E-state index in [-0.39, 0.29) is 0 Å². The maximum absolute atomic E-state index is 3.76. The number of benzene rings is 1. The molecule has 0 fully saturated rings. The maximum Gasteiger partial charge on any atom is -0.00818 e. The van der Waals surface area contributed by atoms with Crippen molar-refractivity contribution in [1.29, 1.82) is 0 Å². The van der Waals surface area contributed by atoms with Crippen LogP contribution in [0.25, 0.3) is 12.2 Å². The zero-order valence-electron chi connectivity index (χ0n) is 6.30. The molecule has 11 heavy (non-hydrogen) atoms. The molecular weight excluding hydrogens is 132 g/mol. The highest BCUT2D eigenvalue weighted by atomic mass is 14.1. The van der Waals surface area contributed by atoms with E-state index in [2.05, 4.69) is 24.8 Å². The van der Waals surface area contributed by atoms with Gasteiger partial charge in [-0.3, -0.25) is 0 Å². The summed E-state index contributed by atoms with van der Waals surface area (Å²) in [5.74, 6) is 0. The Kier molecular flexibility index (Phi) is 1.39. The summed E-state index contributed by atoms with van der Waals surface area (Å²) >= 11 is 0. The molecule has 0 atom stereocenters. The van der Waals surface area contributed by atoms with Gasteiger partial charge in [-0.25, -0.2) is 0 Å². The van der Waals surface area contributed by atoms with Gasteiger partial charge in [-0.1, -0.05) is 36.9 Å². The molecule has 0 N–H and O–H groups in total. The van der Waals surface area contributed by atoms with Crippen molar-refractivity contribution in [3.05, 3.63) is 47.5 Å². The van der Waals surface area contributed by atoms with Crippen molar-refractivity contribution in [3.63, 3.8) is 0 Å². The molecular formula is C11H9. The van der Waals surface area contributed by atoms with Gasteiger partial charge in [0.25, 0.3) is 0 Å². The first-order valence-electron chi connectivity index (χ1n) is 3.74. The van der Waals surface area contributed by atoms with E-state index < -0.39 is 0 Å². The molecule has 0 spiro atoms. The van der Waals surface area contributed by atoms with Gasteiger partial charge in [-0.15, -0.1) is 0 Å². The lowest BCUT2D eigenvalue weighted by Crippen LogP contribution is -1.84. The van der Waals surface area contributed by atoms with Crippen LogP contribution in [0.5, 0.6) is 0 Å². The molecule has 53 valence electrons. The van der Waals surface area contributed by atoms with Gasteiger partial charge in [0.15, 0.2) is 0 Å². The van der Waals surface area contributed by atoms with Crippen LogP contribution in [0.15, 0.2) is 24.8 Å². The predicted octanol–water partition coefficient (Wildman–Crippen LogP) is 2.70. The number of fused-ring (bicyclic) bond motifs is 1. The van der Waals surface area contributed by atoms with Gasteiger partial charge in [0.1, 0.15) is 0 Å². The predicted molar refractivity (Wildman–Crippen MR) is 48.1 cm³/mol. The van der Waals surface area contributed by atoms with Crippen molar-refractivity contribution in [2.45, 2.75) is 6.42 Å². The smallest absolute Gasteiger partial charge is 0.00818 e. The van der Waals surface area contributed by atoms with E-state index in [0.29, 0.717) is 0 Å². The van der Waals surface area contributed by atoms with Gasteiger partial charge in [0.2, 0.25) is 0 Å². The molecule has 1 aliphatic carbocycles. The van der Waals surface area contributed by atoms with Gasteiger partial charge >= 0.3 is 0 Å². The minimum atomic E-state index is 1.02. The summed E-state index contributed by atoms with van der Waals surface area (Å²) in [5.41, 5.74) is 3.80. The summed E-state index contributed by atoms with van der Waals surface area (Å²) in [4.78, 5) is 0. The average Bonchev–Trinajstić information content (AvgIpc) is 2.50. The second-order valence-electron chi connectivity index (χ2n) is 2.64. The molecule has 0 heteroatoms. The molecule has 1 aromatic carbocycles. The highest BCUT2D eigenvalue weighted by molar-refractivity contribution is 5.70. The van der Waals surface area contributed by atoms with Crippen LogP contribution in [0, 0.1) is 6.07 Å². The summed E-state index contributed by atoms with van der Waals surface area (Å²) < 4.78 is 0. The van der Waals surface area contributed by atoms with Crippen LogP contribution in [0.2, 0.25) is 0 Å². The highest BCUT2D eigenvalue weighted by Crippen LogP contribution is 2.22. The molecule has 0 bridgehead atoms. The lowest BCUT2D eigenvalue weighted by atomic mass is 10.0. The van der Waals surface area contributed by atoms with Crippen LogP contribution in [-0.2, 0) is 6.42 Å². The first-order valence-corrected chi connectivity index (χ1v) is 3.74. The van der Waals surface area contributed by atoms with E-state index in [1.807, 2.05) is 18.2 Å². The molecule has 0 saturated carbocycles. The van der Waals surface area contributed by atoms with E-state index in [0.717, 1.165) is 6.42 Å². The normalized spacial score (nSPS) is 13.1. The monoisotopic (exact) mass is 141 g/mol. The Bertz CT molecular complexity index is 319. The third-order valence-corrected chi connectivity index (χ3v) is 1.98. The molecule has 1 aromatic rings. The fourth-order valence-corrected chi connectivity index (χ4v) is 1.41. The molecule has 0 aromatic heterocycles. The highest BCUT2D eigenvalue weighted by Gasteiger charge is 2.06. The summed E-state index contributed by atoms with van der Waals surface area (Å²) in [6, 6.07) is 7.22. The summed E-state index contributed by atoms with van der Waals surface area (Å²) in [6.45, 7) is 3.76. The van der Waals surface area contributed by atoms with Gasteiger partial charge in [0, 0.05) is 0 Å². The molecule has 0 saturated heterocycles. The maximum atomic E-state index is 3.76. The van der Waals surface area contributed by atoms with Crippen LogP contribution in [-0.4, -0.2) is 0 Å². The Balaban J connectivity index is 2.66. The standard InChI is InChI=1S/C11H9/c1-2-9-5-3-6-10-7-4-8-11(9)10/h2-5,8H,1,7H2. The van der Waals surface area contributed by atoms with Gasteiger partial charge in [0.05, 0.1) is 0 Å². The Hall–Kier alpha value is -1.30. The third kappa shape index (κ3) is 0.911. The van der Waals surface area contributed by atoms with E-state index in [1.54, 1.807) is 0 Å². The number of hydrogen-bond donors (Lipinski definition) is 0.